The first-order chi connectivity index (χ1) is 14.7. The predicted octanol–water partition coefficient (Wildman–Crippen LogP) is 5.05. The quantitative estimate of drug-likeness (QED) is 0.582. The second-order valence-electron chi connectivity index (χ2n) is 8.21. The van der Waals surface area contributed by atoms with Crippen LogP contribution in [0.1, 0.15) is 56.0 Å². The third-order valence-electron chi connectivity index (χ3n) is 6.20. The number of hydrogen-bond acceptors (Lipinski definition) is 3. The maximum Gasteiger partial charge on any atom is 0.253 e. The minimum absolute atomic E-state index is 0.126. The molecule has 0 bridgehead atoms. The standard InChI is InChI=1S/C26H37N3O/c1-4-17-27-18-15-25(16-19-27)29(24-13-8-7-9-14-24)21-22-11-10-12-23(20-22)26(30)28(5-2)6-3/h7-14,20,25H,4-6,15-19,21H2,1-3H3. The van der Waals surface area contributed by atoms with Gasteiger partial charge in [0.15, 0.2) is 0 Å². The Kier molecular flexibility index (Phi) is 8.32. The Hall–Kier alpha value is -2.33. The summed E-state index contributed by atoms with van der Waals surface area (Å²) in [4.78, 5) is 19.8. The Bertz CT molecular complexity index is 780. The number of likely N-dealkylation sites (tertiary alicyclic amines) is 1. The number of carbonyl (C=O) groups excluding carboxylic acids is 1. The number of piperidine rings is 1. The van der Waals surface area contributed by atoms with Crippen molar-refractivity contribution in [1.29, 1.82) is 0 Å². The molecular weight excluding hydrogens is 370 g/mol. The average molecular weight is 408 g/mol. The largest absolute Gasteiger partial charge is 0.364 e. The van der Waals surface area contributed by atoms with Crippen molar-refractivity contribution in [3.8, 4) is 0 Å². The molecule has 162 valence electrons. The van der Waals surface area contributed by atoms with Gasteiger partial charge in [-0.05, 0) is 69.5 Å². The van der Waals surface area contributed by atoms with E-state index in [2.05, 4.69) is 59.2 Å². The SMILES string of the molecule is CCCN1CCC(N(Cc2cccc(C(=O)N(CC)CC)c2)c2ccccc2)CC1. The van der Waals surface area contributed by atoms with Crippen molar-refractivity contribution < 1.29 is 4.79 Å². The summed E-state index contributed by atoms with van der Waals surface area (Å²) in [6, 6.07) is 19.5. The third kappa shape index (κ3) is 5.63. The molecule has 1 amide bonds. The van der Waals surface area contributed by atoms with Gasteiger partial charge in [0.1, 0.15) is 0 Å². The van der Waals surface area contributed by atoms with Crippen molar-refractivity contribution >= 4 is 11.6 Å². The zero-order valence-electron chi connectivity index (χ0n) is 18.9. The summed E-state index contributed by atoms with van der Waals surface area (Å²) >= 11 is 0. The van der Waals surface area contributed by atoms with Crippen molar-refractivity contribution in [3.05, 3.63) is 65.7 Å². The molecule has 2 aromatic rings. The van der Waals surface area contributed by atoms with E-state index in [0.29, 0.717) is 6.04 Å². The van der Waals surface area contributed by atoms with Gasteiger partial charge in [0.25, 0.3) is 5.91 Å². The van der Waals surface area contributed by atoms with E-state index in [1.165, 1.54) is 50.1 Å². The number of benzene rings is 2. The van der Waals surface area contributed by atoms with Gasteiger partial charge in [-0.1, -0.05) is 37.3 Å². The highest BCUT2D eigenvalue weighted by molar-refractivity contribution is 5.94. The minimum Gasteiger partial charge on any atom is -0.364 e. The Morgan fingerprint density at radius 1 is 0.967 bits per heavy atom. The van der Waals surface area contributed by atoms with Gasteiger partial charge in [-0.15, -0.1) is 0 Å². The zero-order chi connectivity index (χ0) is 21.3. The van der Waals surface area contributed by atoms with Crippen molar-refractivity contribution in [2.45, 2.75) is 52.6 Å². The lowest BCUT2D eigenvalue weighted by Gasteiger charge is -2.40. The van der Waals surface area contributed by atoms with Crippen LogP contribution in [0.3, 0.4) is 0 Å². The van der Waals surface area contributed by atoms with Crippen LogP contribution < -0.4 is 4.90 Å². The highest BCUT2D eigenvalue weighted by Gasteiger charge is 2.25. The van der Waals surface area contributed by atoms with Gasteiger partial charge in [-0.2, -0.15) is 0 Å². The van der Waals surface area contributed by atoms with Crippen LogP contribution in [0.15, 0.2) is 54.6 Å². The predicted molar refractivity (Wildman–Crippen MR) is 126 cm³/mol. The molecule has 4 heteroatoms. The fourth-order valence-electron chi connectivity index (χ4n) is 4.51. The van der Waals surface area contributed by atoms with E-state index in [9.17, 15) is 4.79 Å². The topological polar surface area (TPSA) is 26.8 Å². The smallest absolute Gasteiger partial charge is 0.253 e. The molecule has 0 atom stereocenters. The molecule has 1 aliphatic rings. The first-order valence-electron chi connectivity index (χ1n) is 11.6. The average Bonchev–Trinajstić information content (AvgIpc) is 2.80. The Morgan fingerprint density at radius 3 is 2.30 bits per heavy atom. The maximum atomic E-state index is 12.8. The van der Waals surface area contributed by atoms with Gasteiger partial charge < -0.3 is 14.7 Å². The normalized spacial score (nSPS) is 15.2. The fraction of sp³-hybridized carbons (Fsp3) is 0.500. The number of anilines is 1. The second kappa shape index (κ2) is 11.2. The Morgan fingerprint density at radius 2 is 1.67 bits per heavy atom. The molecule has 0 radical (unpaired) electrons. The molecule has 0 spiro atoms. The van der Waals surface area contributed by atoms with Gasteiger partial charge in [0, 0.05) is 50.0 Å². The zero-order valence-corrected chi connectivity index (χ0v) is 18.9. The Labute approximate surface area is 182 Å². The molecule has 1 fully saturated rings. The van der Waals surface area contributed by atoms with E-state index in [4.69, 9.17) is 0 Å². The highest BCUT2D eigenvalue weighted by Crippen LogP contribution is 2.26. The minimum atomic E-state index is 0.126. The van der Waals surface area contributed by atoms with Crippen molar-refractivity contribution in [2.24, 2.45) is 0 Å². The molecule has 0 unspecified atom stereocenters. The fourth-order valence-corrected chi connectivity index (χ4v) is 4.51. The molecule has 2 aromatic carbocycles. The van der Waals surface area contributed by atoms with E-state index in [1.54, 1.807) is 0 Å². The molecular formula is C26H37N3O. The van der Waals surface area contributed by atoms with Crippen LogP contribution in [0.4, 0.5) is 5.69 Å². The summed E-state index contributed by atoms with van der Waals surface area (Å²) in [7, 11) is 0. The molecule has 0 aromatic heterocycles. The number of nitrogens with zero attached hydrogens (tertiary/aromatic N) is 3. The van der Waals surface area contributed by atoms with Gasteiger partial charge in [-0.25, -0.2) is 0 Å². The lowest BCUT2D eigenvalue weighted by atomic mass is 10.0. The molecule has 30 heavy (non-hydrogen) atoms. The van der Waals surface area contributed by atoms with Crippen molar-refractivity contribution in [1.82, 2.24) is 9.80 Å². The van der Waals surface area contributed by atoms with E-state index < -0.39 is 0 Å². The van der Waals surface area contributed by atoms with Gasteiger partial charge in [-0.3, -0.25) is 4.79 Å². The summed E-state index contributed by atoms with van der Waals surface area (Å²) in [5.74, 6) is 0.126. The van der Waals surface area contributed by atoms with Crippen LogP contribution in [0.2, 0.25) is 0 Å². The molecule has 3 rings (SSSR count). The number of para-hydroxylation sites is 1. The van der Waals surface area contributed by atoms with Crippen molar-refractivity contribution in [2.75, 3.05) is 37.6 Å². The molecule has 1 saturated heterocycles. The van der Waals surface area contributed by atoms with Gasteiger partial charge in [0.05, 0.1) is 0 Å². The number of amides is 1. The molecule has 4 nitrogen and oxygen atoms in total. The molecule has 1 aliphatic heterocycles. The highest BCUT2D eigenvalue weighted by atomic mass is 16.2. The van der Waals surface area contributed by atoms with Crippen LogP contribution in [-0.4, -0.2) is 54.5 Å². The Balaban J connectivity index is 1.79. The second-order valence-corrected chi connectivity index (χ2v) is 8.21. The molecule has 0 saturated carbocycles. The first kappa shape index (κ1) is 22.4. The summed E-state index contributed by atoms with van der Waals surface area (Å²) in [6.45, 7) is 12.2. The van der Waals surface area contributed by atoms with Crippen LogP contribution >= 0.6 is 0 Å². The summed E-state index contributed by atoms with van der Waals surface area (Å²) in [5, 5.41) is 0. The number of rotatable bonds is 9. The van der Waals surface area contributed by atoms with E-state index in [0.717, 1.165) is 25.2 Å². The summed E-state index contributed by atoms with van der Waals surface area (Å²) < 4.78 is 0. The van der Waals surface area contributed by atoms with Crippen LogP contribution in [0, 0.1) is 0 Å². The molecule has 0 aliphatic carbocycles. The lowest BCUT2D eigenvalue weighted by molar-refractivity contribution is 0.0773. The summed E-state index contributed by atoms with van der Waals surface area (Å²) in [5.41, 5.74) is 3.27. The van der Waals surface area contributed by atoms with Gasteiger partial charge in [0.2, 0.25) is 0 Å². The first-order valence-corrected chi connectivity index (χ1v) is 11.6. The maximum absolute atomic E-state index is 12.8. The summed E-state index contributed by atoms with van der Waals surface area (Å²) in [6.07, 6.45) is 3.60. The van der Waals surface area contributed by atoms with E-state index in [-0.39, 0.29) is 5.91 Å². The van der Waals surface area contributed by atoms with E-state index in [1.807, 2.05) is 30.9 Å². The third-order valence-corrected chi connectivity index (χ3v) is 6.20. The van der Waals surface area contributed by atoms with Gasteiger partial charge >= 0.3 is 0 Å². The number of carbonyl (C=O) groups is 1. The molecule has 1 heterocycles. The van der Waals surface area contributed by atoms with E-state index >= 15 is 0 Å². The molecule has 0 N–H and O–H groups in total. The van der Waals surface area contributed by atoms with Crippen molar-refractivity contribution in [3.63, 3.8) is 0 Å². The monoisotopic (exact) mass is 407 g/mol. The lowest BCUT2D eigenvalue weighted by Crippen LogP contribution is -2.45. The van der Waals surface area contributed by atoms with Crippen LogP contribution in [0.5, 0.6) is 0 Å². The van der Waals surface area contributed by atoms with Crippen LogP contribution in [0.25, 0.3) is 0 Å². The number of hydrogen-bond donors (Lipinski definition) is 0. The van der Waals surface area contributed by atoms with Crippen LogP contribution in [-0.2, 0) is 6.54 Å².